The van der Waals surface area contributed by atoms with E-state index in [0.717, 1.165) is 38.0 Å². The quantitative estimate of drug-likeness (QED) is 0.908. The molecule has 1 aliphatic heterocycles. The number of ether oxygens (including phenoxy) is 1. The first-order chi connectivity index (χ1) is 10.7. The molecule has 1 aliphatic carbocycles. The molecule has 2 atom stereocenters. The summed E-state index contributed by atoms with van der Waals surface area (Å²) >= 11 is 0. The number of amides is 1. The summed E-state index contributed by atoms with van der Waals surface area (Å²) < 4.78 is 5.43. The van der Waals surface area contributed by atoms with E-state index < -0.39 is 0 Å². The number of carbonyl (C=O) groups is 1. The molecule has 1 saturated carbocycles. The van der Waals surface area contributed by atoms with Crippen molar-refractivity contribution < 1.29 is 14.6 Å². The van der Waals surface area contributed by atoms with Crippen LogP contribution in [0.3, 0.4) is 0 Å². The number of rotatable bonds is 5. The Balaban J connectivity index is 1.71. The smallest absolute Gasteiger partial charge is 0.226 e. The summed E-state index contributed by atoms with van der Waals surface area (Å²) in [6, 6.07) is 9.95. The lowest BCUT2D eigenvalue weighted by atomic mass is 9.93. The van der Waals surface area contributed by atoms with Gasteiger partial charge in [-0.15, -0.1) is 0 Å². The normalized spacial score (nSPS) is 24.0. The molecular formula is C18H25NO3. The highest BCUT2D eigenvalue weighted by Gasteiger charge is 2.58. The van der Waals surface area contributed by atoms with Crippen LogP contribution in [0.15, 0.2) is 30.3 Å². The third-order valence-corrected chi connectivity index (χ3v) is 5.38. The standard InChI is InChI=1S/C18H25NO3/c1-19(16(7-10-20)14-5-3-2-4-6-14)17(21)15-13-18(15)8-11-22-12-9-18/h2-6,15-16,20H,7-13H2,1H3. The van der Waals surface area contributed by atoms with Crippen LogP contribution in [0, 0.1) is 11.3 Å². The molecule has 1 aromatic carbocycles. The molecule has 1 N–H and O–H groups in total. The van der Waals surface area contributed by atoms with E-state index >= 15 is 0 Å². The lowest BCUT2D eigenvalue weighted by molar-refractivity contribution is -0.135. The molecule has 4 nitrogen and oxygen atoms in total. The number of benzene rings is 1. The zero-order valence-electron chi connectivity index (χ0n) is 13.2. The lowest BCUT2D eigenvalue weighted by Gasteiger charge is -2.30. The molecule has 0 radical (unpaired) electrons. The molecule has 3 rings (SSSR count). The lowest BCUT2D eigenvalue weighted by Crippen LogP contribution is -2.35. The Labute approximate surface area is 132 Å². The average molecular weight is 303 g/mol. The monoisotopic (exact) mass is 303 g/mol. The molecule has 1 amide bonds. The summed E-state index contributed by atoms with van der Waals surface area (Å²) in [5.41, 5.74) is 1.29. The number of carbonyl (C=O) groups excluding carboxylic acids is 1. The maximum Gasteiger partial charge on any atom is 0.226 e. The van der Waals surface area contributed by atoms with Crippen LogP contribution in [0.1, 0.15) is 37.3 Å². The average Bonchev–Trinajstić information content (AvgIpc) is 3.25. The van der Waals surface area contributed by atoms with E-state index in [9.17, 15) is 9.90 Å². The molecule has 1 saturated heterocycles. The van der Waals surface area contributed by atoms with Gasteiger partial charge in [0.25, 0.3) is 0 Å². The van der Waals surface area contributed by atoms with E-state index in [-0.39, 0.29) is 29.9 Å². The molecular weight excluding hydrogens is 278 g/mol. The van der Waals surface area contributed by atoms with Gasteiger partial charge in [0.2, 0.25) is 5.91 Å². The van der Waals surface area contributed by atoms with E-state index in [1.54, 1.807) is 0 Å². The van der Waals surface area contributed by atoms with Crippen molar-refractivity contribution in [2.24, 2.45) is 11.3 Å². The molecule has 0 aromatic heterocycles. The van der Waals surface area contributed by atoms with Gasteiger partial charge in [0.1, 0.15) is 0 Å². The van der Waals surface area contributed by atoms with Gasteiger partial charge in [-0.05, 0) is 36.7 Å². The molecule has 120 valence electrons. The number of hydrogen-bond donors (Lipinski definition) is 1. The molecule has 2 fully saturated rings. The molecule has 22 heavy (non-hydrogen) atoms. The van der Waals surface area contributed by atoms with Crippen molar-refractivity contribution in [1.29, 1.82) is 0 Å². The van der Waals surface area contributed by atoms with Crippen molar-refractivity contribution in [3.05, 3.63) is 35.9 Å². The molecule has 1 heterocycles. The van der Waals surface area contributed by atoms with Gasteiger partial charge in [-0.2, -0.15) is 0 Å². The second-order valence-electron chi connectivity index (χ2n) is 6.62. The van der Waals surface area contributed by atoms with Crippen LogP contribution < -0.4 is 0 Å². The van der Waals surface area contributed by atoms with Gasteiger partial charge in [-0.25, -0.2) is 0 Å². The predicted molar refractivity (Wildman–Crippen MR) is 84.2 cm³/mol. The van der Waals surface area contributed by atoms with Crippen LogP contribution in [0.25, 0.3) is 0 Å². The molecule has 2 unspecified atom stereocenters. The fourth-order valence-electron chi connectivity index (χ4n) is 3.81. The van der Waals surface area contributed by atoms with Crippen LogP contribution in [0.2, 0.25) is 0 Å². The van der Waals surface area contributed by atoms with E-state index in [1.807, 2.05) is 42.3 Å². The van der Waals surface area contributed by atoms with Gasteiger partial charge < -0.3 is 14.7 Å². The topological polar surface area (TPSA) is 49.8 Å². The van der Waals surface area contributed by atoms with Crippen molar-refractivity contribution in [2.75, 3.05) is 26.9 Å². The van der Waals surface area contributed by atoms with Crippen LogP contribution in [-0.4, -0.2) is 42.8 Å². The number of hydrogen-bond acceptors (Lipinski definition) is 3. The second kappa shape index (κ2) is 6.39. The number of aliphatic hydroxyl groups is 1. The summed E-state index contributed by atoms with van der Waals surface area (Å²) in [7, 11) is 1.88. The summed E-state index contributed by atoms with van der Waals surface area (Å²) in [6.45, 7) is 1.65. The zero-order chi connectivity index (χ0) is 15.6. The number of nitrogens with zero attached hydrogens (tertiary/aromatic N) is 1. The Bertz CT molecular complexity index is 510. The summed E-state index contributed by atoms with van der Waals surface area (Å²) in [6.07, 6.45) is 3.59. The maximum atomic E-state index is 12.9. The highest BCUT2D eigenvalue weighted by atomic mass is 16.5. The number of aliphatic hydroxyl groups excluding tert-OH is 1. The fraction of sp³-hybridized carbons (Fsp3) is 0.611. The summed E-state index contributed by atoms with van der Waals surface area (Å²) in [5, 5.41) is 9.37. The Morgan fingerprint density at radius 1 is 1.36 bits per heavy atom. The maximum absolute atomic E-state index is 12.9. The third-order valence-electron chi connectivity index (χ3n) is 5.38. The van der Waals surface area contributed by atoms with Crippen LogP contribution in [0.5, 0.6) is 0 Å². The largest absolute Gasteiger partial charge is 0.396 e. The van der Waals surface area contributed by atoms with Crippen LogP contribution >= 0.6 is 0 Å². The Hall–Kier alpha value is -1.39. The first-order valence-corrected chi connectivity index (χ1v) is 8.18. The molecule has 2 aliphatic rings. The van der Waals surface area contributed by atoms with Crippen molar-refractivity contribution in [3.63, 3.8) is 0 Å². The SMILES string of the molecule is CN(C(=O)C1CC12CCOCC2)C(CCO)c1ccccc1. The van der Waals surface area contributed by atoms with E-state index in [1.165, 1.54) is 0 Å². The van der Waals surface area contributed by atoms with Gasteiger partial charge in [0, 0.05) is 32.8 Å². The highest BCUT2D eigenvalue weighted by Crippen LogP contribution is 2.60. The first-order valence-electron chi connectivity index (χ1n) is 8.18. The molecule has 4 heteroatoms. The molecule has 0 bridgehead atoms. The van der Waals surface area contributed by atoms with Crippen molar-refractivity contribution in [2.45, 2.75) is 31.7 Å². The van der Waals surface area contributed by atoms with Gasteiger partial charge >= 0.3 is 0 Å². The predicted octanol–water partition coefficient (Wildman–Crippen LogP) is 2.39. The van der Waals surface area contributed by atoms with E-state index in [4.69, 9.17) is 4.74 Å². The Kier molecular flexibility index (Phi) is 4.50. The van der Waals surface area contributed by atoms with Gasteiger partial charge in [0.15, 0.2) is 0 Å². The Morgan fingerprint density at radius 2 is 2.05 bits per heavy atom. The van der Waals surface area contributed by atoms with E-state index in [2.05, 4.69) is 0 Å². The minimum Gasteiger partial charge on any atom is -0.396 e. The van der Waals surface area contributed by atoms with Crippen molar-refractivity contribution in [3.8, 4) is 0 Å². The second-order valence-corrected chi connectivity index (χ2v) is 6.62. The minimum absolute atomic E-state index is 0.0452. The molecule has 1 spiro atoms. The van der Waals surface area contributed by atoms with E-state index in [0.29, 0.717) is 6.42 Å². The minimum atomic E-state index is -0.0452. The van der Waals surface area contributed by atoms with Gasteiger partial charge in [-0.3, -0.25) is 4.79 Å². The summed E-state index contributed by atoms with van der Waals surface area (Å²) in [4.78, 5) is 14.7. The zero-order valence-corrected chi connectivity index (χ0v) is 13.2. The van der Waals surface area contributed by atoms with Gasteiger partial charge in [0.05, 0.1) is 6.04 Å². The van der Waals surface area contributed by atoms with Crippen molar-refractivity contribution >= 4 is 5.91 Å². The third kappa shape index (κ3) is 2.90. The van der Waals surface area contributed by atoms with Crippen LogP contribution in [0.4, 0.5) is 0 Å². The first kappa shape index (κ1) is 15.5. The summed E-state index contributed by atoms with van der Waals surface area (Å²) in [5.74, 6) is 0.371. The van der Waals surface area contributed by atoms with Gasteiger partial charge in [-0.1, -0.05) is 30.3 Å². The van der Waals surface area contributed by atoms with Crippen molar-refractivity contribution in [1.82, 2.24) is 4.90 Å². The molecule has 1 aromatic rings. The fourth-order valence-corrected chi connectivity index (χ4v) is 3.81. The Morgan fingerprint density at radius 3 is 2.68 bits per heavy atom. The highest BCUT2D eigenvalue weighted by molar-refractivity contribution is 5.83. The van der Waals surface area contributed by atoms with Crippen LogP contribution in [-0.2, 0) is 9.53 Å².